The van der Waals surface area contributed by atoms with Gasteiger partial charge in [0.25, 0.3) is 0 Å². The van der Waals surface area contributed by atoms with E-state index in [9.17, 15) is 4.79 Å². The van der Waals surface area contributed by atoms with E-state index in [1.165, 1.54) is 0 Å². The van der Waals surface area contributed by atoms with Gasteiger partial charge in [-0.3, -0.25) is 0 Å². The number of fused-ring (bicyclic) bond motifs is 1. The molecule has 0 radical (unpaired) electrons. The van der Waals surface area contributed by atoms with Crippen molar-refractivity contribution < 1.29 is 14.6 Å². The minimum Gasteiger partial charge on any atom is -0.488 e. The Morgan fingerprint density at radius 1 is 1.62 bits per heavy atom. The largest absolute Gasteiger partial charge is 0.488 e. The minimum absolute atomic E-state index is 0.0676. The molecule has 0 saturated carbocycles. The highest BCUT2D eigenvalue weighted by Gasteiger charge is 2.23. The molecule has 1 unspecified atom stereocenters. The molecule has 1 aliphatic heterocycles. The molecule has 86 valence electrons. The Balaban J connectivity index is 2.30. The van der Waals surface area contributed by atoms with Crippen LogP contribution in [0.4, 0.5) is 0 Å². The molecule has 1 heterocycles. The Kier molecular flexibility index (Phi) is 3.10. The van der Waals surface area contributed by atoms with Crippen molar-refractivity contribution in [3.8, 4) is 5.75 Å². The summed E-state index contributed by atoms with van der Waals surface area (Å²) in [5, 5.41) is 12.1. The molecule has 1 atom stereocenters. The average molecular weight is 221 g/mol. The lowest BCUT2D eigenvalue weighted by Gasteiger charge is -2.26. The molecular formula is C12H15NO3. The Labute approximate surface area is 94.2 Å². The molecule has 0 amide bonds. The van der Waals surface area contributed by atoms with Crippen molar-refractivity contribution in [3.05, 3.63) is 29.3 Å². The number of ether oxygens (including phenoxy) is 1. The number of carboxylic acid groups (broad SMARTS) is 1. The lowest BCUT2D eigenvalue weighted by atomic mass is 9.99. The predicted molar refractivity (Wildman–Crippen MR) is 60.1 cm³/mol. The number of carboxylic acids is 1. The Morgan fingerprint density at radius 2 is 2.44 bits per heavy atom. The quantitative estimate of drug-likeness (QED) is 0.807. The first-order chi connectivity index (χ1) is 7.72. The summed E-state index contributed by atoms with van der Waals surface area (Å²) in [7, 11) is 1.86. The van der Waals surface area contributed by atoms with Crippen molar-refractivity contribution in [3.63, 3.8) is 0 Å². The van der Waals surface area contributed by atoms with Crippen molar-refractivity contribution in [1.82, 2.24) is 5.32 Å². The molecule has 16 heavy (non-hydrogen) atoms. The summed E-state index contributed by atoms with van der Waals surface area (Å²) < 4.78 is 5.72. The van der Waals surface area contributed by atoms with Crippen LogP contribution in [-0.4, -0.2) is 30.8 Å². The molecule has 0 bridgehead atoms. The van der Waals surface area contributed by atoms with Gasteiger partial charge in [0.15, 0.2) is 0 Å². The van der Waals surface area contributed by atoms with E-state index in [1.807, 2.05) is 13.1 Å². The molecule has 0 spiro atoms. The number of benzene rings is 1. The topological polar surface area (TPSA) is 58.6 Å². The first-order valence-corrected chi connectivity index (χ1v) is 5.39. The van der Waals surface area contributed by atoms with Gasteiger partial charge in [0, 0.05) is 6.54 Å². The average Bonchev–Trinajstić information content (AvgIpc) is 2.28. The molecule has 2 rings (SSSR count). The zero-order valence-electron chi connectivity index (χ0n) is 9.19. The van der Waals surface area contributed by atoms with Gasteiger partial charge in [-0.05, 0) is 31.5 Å². The number of hydrogen-bond acceptors (Lipinski definition) is 3. The van der Waals surface area contributed by atoms with Gasteiger partial charge in [-0.1, -0.05) is 12.1 Å². The van der Waals surface area contributed by atoms with Crippen LogP contribution in [0.5, 0.6) is 5.75 Å². The van der Waals surface area contributed by atoms with E-state index >= 15 is 0 Å². The highest BCUT2D eigenvalue weighted by Crippen LogP contribution is 2.31. The third-order valence-corrected chi connectivity index (χ3v) is 2.78. The van der Waals surface area contributed by atoms with E-state index in [1.54, 1.807) is 12.1 Å². The van der Waals surface area contributed by atoms with Crippen LogP contribution in [0.1, 0.15) is 22.3 Å². The van der Waals surface area contributed by atoms with Crippen molar-refractivity contribution in [2.45, 2.75) is 18.9 Å². The summed E-state index contributed by atoms with van der Waals surface area (Å²) in [6.07, 6.45) is 1.87. The Morgan fingerprint density at radius 3 is 3.12 bits per heavy atom. The maximum absolute atomic E-state index is 11.0. The lowest BCUT2D eigenvalue weighted by Crippen LogP contribution is -2.33. The van der Waals surface area contributed by atoms with Crippen molar-refractivity contribution in [2.24, 2.45) is 0 Å². The molecular weight excluding hydrogens is 206 g/mol. The number of para-hydroxylation sites is 1. The van der Waals surface area contributed by atoms with E-state index in [0.717, 1.165) is 24.9 Å². The van der Waals surface area contributed by atoms with Crippen molar-refractivity contribution in [2.75, 3.05) is 13.6 Å². The summed E-state index contributed by atoms with van der Waals surface area (Å²) in [5.74, 6) is -0.386. The molecule has 1 aromatic carbocycles. The molecule has 0 aliphatic carbocycles. The van der Waals surface area contributed by atoms with Gasteiger partial charge in [0.2, 0.25) is 0 Å². The fourth-order valence-corrected chi connectivity index (χ4v) is 2.00. The third kappa shape index (κ3) is 2.02. The number of hydrogen-bond donors (Lipinski definition) is 2. The van der Waals surface area contributed by atoms with Gasteiger partial charge < -0.3 is 15.2 Å². The maximum atomic E-state index is 11.0. The Bertz CT molecular complexity index is 403. The summed E-state index contributed by atoms with van der Waals surface area (Å²) in [4.78, 5) is 11.0. The van der Waals surface area contributed by atoms with Gasteiger partial charge in [0.1, 0.15) is 17.4 Å². The maximum Gasteiger partial charge on any atom is 0.339 e. The predicted octanol–water partition coefficient (Wildman–Crippen LogP) is 1.30. The zero-order valence-corrected chi connectivity index (χ0v) is 9.19. The second kappa shape index (κ2) is 4.53. The number of rotatable bonds is 3. The van der Waals surface area contributed by atoms with Crippen LogP contribution in [0.2, 0.25) is 0 Å². The molecule has 4 heteroatoms. The van der Waals surface area contributed by atoms with Gasteiger partial charge in [-0.2, -0.15) is 0 Å². The molecule has 1 aromatic rings. The van der Waals surface area contributed by atoms with Crippen LogP contribution in [0.3, 0.4) is 0 Å². The molecule has 2 N–H and O–H groups in total. The van der Waals surface area contributed by atoms with Gasteiger partial charge in [-0.15, -0.1) is 0 Å². The molecule has 0 aromatic heterocycles. The molecule has 1 aliphatic rings. The summed E-state index contributed by atoms with van der Waals surface area (Å²) in [6, 6.07) is 5.28. The van der Waals surface area contributed by atoms with Crippen LogP contribution in [-0.2, 0) is 6.42 Å². The van der Waals surface area contributed by atoms with Gasteiger partial charge >= 0.3 is 5.97 Å². The highest BCUT2D eigenvalue weighted by atomic mass is 16.5. The van der Waals surface area contributed by atoms with E-state index in [-0.39, 0.29) is 11.7 Å². The van der Waals surface area contributed by atoms with Crippen LogP contribution in [0, 0.1) is 0 Å². The fraction of sp³-hybridized carbons (Fsp3) is 0.417. The normalized spacial score (nSPS) is 18.7. The van der Waals surface area contributed by atoms with E-state index in [2.05, 4.69) is 5.32 Å². The highest BCUT2D eigenvalue weighted by molar-refractivity contribution is 5.91. The number of aromatic carboxylic acids is 1. The first-order valence-electron chi connectivity index (χ1n) is 5.39. The Hall–Kier alpha value is -1.55. The van der Waals surface area contributed by atoms with Gasteiger partial charge in [-0.25, -0.2) is 4.79 Å². The van der Waals surface area contributed by atoms with E-state index in [4.69, 9.17) is 9.84 Å². The standard InChI is InChI=1S/C12H15NO3/c1-13-7-9-6-5-8-3-2-4-10(12(14)15)11(8)16-9/h2-4,9,13H,5-7H2,1H3,(H,14,15). The molecule has 4 nitrogen and oxygen atoms in total. The summed E-state index contributed by atoms with van der Waals surface area (Å²) in [5.41, 5.74) is 1.26. The minimum atomic E-state index is -0.929. The van der Waals surface area contributed by atoms with Crippen LogP contribution < -0.4 is 10.1 Å². The number of likely N-dealkylation sites (N-methyl/N-ethyl adjacent to an activating group) is 1. The second-order valence-corrected chi connectivity index (χ2v) is 3.94. The van der Waals surface area contributed by atoms with E-state index in [0.29, 0.717) is 5.75 Å². The van der Waals surface area contributed by atoms with Crippen molar-refractivity contribution >= 4 is 5.97 Å². The number of carbonyl (C=O) groups is 1. The fourth-order valence-electron chi connectivity index (χ4n) is 2.00. The lowest BCUT2D eigenvalue weighted by molar-refractivity contribution is 0.0686. The molecule has 0 saturated heterocycles. The van der Waals surface area contributed by atoms with E-state index < -0.39 is 5.97 Å². The van der Waals surface area contributed by atoms with Crippen LogP contribution in [0.25, 0.3) is 0 Å². The SMILES string of the molecule is CNCC1CCc2cccc(C(=O)O)c2O1. The molecule has 0 fully saturated rings. The van der Waals surface area contributed by atoms with Crippen molar-refractivity contribution in [1.29, 1.82) is 0 Å². The number of aryl methyl sites for hydroxylation is 1. The monoisotopic (exact) mass is 221 g/mol. The first kappa shape index (κ1) is 11.0. The smallest absolute Gasteiger partial charge is 0.339 e. The third-order valence-electron chi connectivity index (χ3n) is 2.78. The second-order valence-electron chi connectivity index (χ2n) is 3.94. The van der Waals surface area contributed by atoms with Crippen LogP contribution >= 0.6 is 0 Å². The van der Waals surface area contributed by atoms with Crippen LogP contribution in [0.15, 0.2) is 18.2 Å². The van der Waals surface area contributed by atoms with Gasteiger partial charge in [0.05, 0.1) is 0 Å². The summed E-state index contributed by atoms with van der Waals surface area (Å²) >= 11 is 0. The summed E-state index contributed by atoms with van der Waals surface area (Å²) in [6.45, 7) is 0.743. The zero-order chi connectivity index (χ0) is 11.5. The number of nitrogens with one attached hydrogen (secondary N) is 1.